The van der Waals surface area contributed by atoms with Crippen molar-refractivity contribution in [3.05, 3.63) is 118 Å². The van der Waals surface area contributed by atoms with Gasteiger partial charge in [-0.25, -0.2) is 0 Å². The first-order chi connectivity index (χ1) is 14.6. The molecule has 0 unspecified atom stereocenters. The van der Waals surface area contributed by atoms with Gasteiger partial charge in [0.2, 0.25) is 6.04 Å². The summed E-state index contributed by atoms with van der Waals surface area (Å²) in [5, 5.41) is 12.1. The molecule has 3 aromatic rings. The monoisotopic (exact) mass is 416 g/mol. The predicted octanol–water partition coefficient (Wildman–Crippen LogP) is 5.62. The van der Waals surface area contributed by atoms with Crippen molar-refractivity contribution in [3.8, 4) is 0 Å². The summed E-state index contributed by atoms with van der Waals surface area (Å²) in [7, 11) is 3.87. The molecule has 0 saturated carbocycles. The molecule has 0 saturated heterocycles. The SMILES string of the molecule is CN(C)[C@H]1C(c2ccccc2)=C(c2ccccc2)S[C@@H](c2ccccc2)[C@H]1[N+](=O)[O-]. The van der Waals surface area contributed by atoms with Crippen LogP contribution in [0.25, 0.3) is 10.5 Å². The molecule has 1 heterocycles. The number of nitro groups is 1. The van der Waals surface area contributed by atoms with E-state index in [0.29, 0.717) is 0 Å². The van der Waals surface area contributed by atoms with Gasteiger partial charge >= 0.3 is 0 Å². The first-order valence-electron chi connectivity index (χ1n) is 9.94. The maximum absolute atomic E-state index is 12.4. The molecule has 30 heavy (non-hydrogen) atoms. The van der Waals surface area contributed by atoms with Gasteiger partial charge in [-0.1, -0.05) is 91.0 Å². The van der Waals surface area contributed by atoms with E-state index < -0.39 is 6.04 Å². The van der Waals surface area contributed by atoms with Crippen LogP contribution >= 0.6 is 11.8 Å². The maximum atomic E-state index is 12.4. The van der Waals surface area contributed by atoms with Crippen molar-refractivity contribution in [3.63, 3.8) is 0 Å². The highest BCUT2D eigenvalue weighted by atomic mass is 32.2. The Labute approximate surface area is 181 Å². The third-order valence-corrected chi connectivity index (χ3v) is 6.96. The third kappa shape index (κ3) is 3.91. The highest BCUT2D eigenvalue weighted by Gasteiger charge is 2.49. The fraction of sp³-hybridized carbons (Fsp3) is 0.200. The molecular weight excluding hydrogens is 392 g/mol. The van der Waals surface area contributed by atoms with E-state index in [1.165, 1.54) is 0 Å². The van der Waals surface area contributed by atoms with Gasteiger partial charge < -0.3 is 0 Å². The zero-order chi connectivity index (χ0) is 21.1. The second-order valence-electron chi connectivity index (χ2n) is 7.61. The van der Waals surface area contributed by atoms with Crippen molar-refractivity contribution in [2.75, 3.05) is 14.1 Å². The summed E-state index contributed by atoms with van der Waals surface area (Å²) in [6, 6.07) is 29.0. The Kier molecular flexibility index (Phi) is 6.02. The average molecular weight is 417 g/mol. The van der Waals surface area contributed by atoms with E-state index in [0.717, 1.165) is 27.2 Å². The molecule has 0 N–H and O–H groups in total. The van der Waals surface area contributed by atoms with Crippen molar-refractivity contribution >= 4 is 22.2 Å². The van der Waals surface area contributed by atoms with Crippen LogP contribution in [0.4, 0.5) is 0 Å². The molecule has 0 amide bonds. The second-order valence-corrected chi connectivity index (χ2v) is 8.76. The quantitative estimate of drug-likeness (QED) is 0.400. The molecule has 0 fully saturated rings. The molecule has 0 aliphatic carbocycles. The van der Waals surface area contributed by atoms with Crippen molar-refractivity contribution < 1.29 is 4.92 Å². The Balaban J connectivity index is 1.99. The van der Waals surface area contributed by atoms with Gasteiger partial charge in [-0.05, 0) is 36.4 Å². The maximum Gasteiger partial charge on any atom is 0.248 e. The summed E-state index contributed by atoms with van der Waals surface area (Å²) in [4.78, 5) is 15.4. The fourth-order valence-corrected chi connectivity index (χ4v) is 5.73. The normalized spacial score (nSPS) is 21.6. The highest BCUT2D eigenvalue weighted by Crippen LogP contribution is 2.53. The molecule has 152 valence electrons. The summed E-state index contributed by atoms with van der Waals surface area (Å²) in [5.74, 6) is 0. The van der Waals surface area contributed by atoms with Gasteiger partial charge in [-0.2, -0.15) is 0 Å². The molecule has 3 aromatic carbocycles. The predicted molar refractivity (Wildman–Crippen MR) is 125 cm³/mol. The molecule has 4 rings (SSSR count). The molecule has 0 bridgehead atoms. The summed E-state index contributed by atoms with van der Waals surface area (Å²) in [6.45, 7) is 0. The number of benzene rings is 3. The molecule has 0 radical (unpaired) electrons. The lowest BCUT2D eigenvalue weighted by atomic mass is 9.86. The zero-order valence-corrected chi connectivity index (χ0v) is 17.8. The number of hydrogen-bond donors (Lipinski definition) is 0. The number of rotatable bonds is 5. The van der Waals surface area contributed by atoms with E-state index in [4.69, 9.17) is 0 Å². The van der Waals surface area contributed by atoms with Gasteiger partial charge in [0.25, 0.3) is 0 Å². The highest BCUT2D eigenvalue weighted by molar-refractivity contribution is 8.08. The Morgan fingerprint density at radius 3 is 1.80 bits per heavy atom. The van der Waals surface area contributed by atoms with Crippen LogP contribution in [-0.4, -0.2) is 36.0 Å². The Bertz CT molecular complexity index is 1040. The summed E-state index contributed by atoms with van der Waals surface area (Å²) < 4.78 is 0. The van der Waals surface area contributed by atoms with Gasteiger partial charge in [-0.15, -0.1) is 11.8 Å². The zero-order valence-electron chi connectivity index (χ0n) is 17.0. The van der Waals surface area contributed by atoms with Crippen LogP contribution < -0.4 is 0 Å². The van der Waals surface area contributed by atoms with Crippen molar-refractivity contribution in [1.29, 1.82) is 0 Å². The number of thioether (sulfide) groups is 1. The van der Waals surface area contributed by atoms with E-state index in [1.54, 1.807) is 11.8 Å². The Morgan fingerprint density at radius 2 is 1.30 bits per heavy atom. The van der Waals surface area contributed by atoms with E-state index >= 15 is 0 Å². The van der Waals surface area contributed by atoms with Crippen LogP contribution in [0, 0.1) is 10.1 Å². The fourth-order valence-electron chi connectivity index (χ4n) is 4.16. The molecule has 3 atom stereocenters. The largest absolute Gasteiger partial charge is 0.296 e. The topological polar surface area (TPSA) is 46.4 Å². The second kappa shape index (κ2) is 8.86. The Hall–Kier alpha value is -2.89. The van der Waals surface area contributed by atoms with Gasteiger partial charge in [-0.3, -0.25) is 15.0 Å². The summed E-state index contributed by atoms with van der Waals surface area (Å²) in [5.41, 5.74) is 4.12. The minimum atomic E-state index is -0.768. The van der Waals surface area contributed by atoms with E-state index in [9.17, 15) is 10.1 Å². The number of nitrogens with zero attached hydrogens (tertiary/aromatic N) is 2. The molecule has 0 aromatic heterocycles. The minimum Gasteiger partial charge on any atom is -0.296 e. The average Bonchev–Trinajstić information content (AvgIpc) is 2.79. The van der Waals surface area contributed by atoms with Gasteiger partial charge in [0.05, 0.1) is 0 Å². The molecule has 5 heteroatoms. The van der Waals surface area contributed by atoms with Crippen LogP contribution in [0.2, 0.25) is 0 Å². The van der Waals surface area contributed by atoms with E-state index in [1.807, 2.05) is 85.7 Å². The van der Waals surface area contributed by atoms with Gasteiger partial charge in [0, 0.05) is 9.83 Å². The lowest BCUT2D eigenvalue weighted by molar-refractivity contribution is -0.527. The minimum absolute atomic E-state index is 0.0972. The van der Waals surface area contributed by atoms with Gasteiger partial charge in [0.15, 0.2) is 0 Å². The van der Waals surface area contributed by atoms with Crippen molar-refractivity contribution in [1.82, 2.24) is 4.90 Å². The molecule has 1 aliphatic rings. The third-order valence-electron chi connectivity index (χ3n) is 5.47. The first kappa shape index (κ1) is 20.4. The van der Waals surface area contributed by atoms with Crippen LogP contribution in [0.5, 0.6) is 0 Å². The summed E-state index contributed by atoms with van der Waals surface area (Å²) in [6.07, 6.45) is 0. The van der Waals surface area contributed by atoms with Crippen molar-refractivity contribution in [2.24, 2.45) is 0 Å². The first-order valence-corrected chi connectivity index (χ1v) is 10.8. The van der Waals surface area contributed by atoms with Crippen LogP contribution in [0.15, 0.2) is 91.0 Å². The van der Waals surface area contributed by atoms with E-state index in [2.05, 4.69) is 24.3 Å². The molecule has 4 nitrogen and oxygen atoms in total. The standard InChI is InChI=1S/C25H24N2O2S/c1-26(2)22-21(18-12-6-3-7-13-18)24(19-14-8-4-9-15-19)30-25(23(22)27(28)29)20-16-10-5-11-17-20/h3-17,22-23,25H,1-2H3/t22-,23-,25-/m0/s1. The van der Waals surface area contributed by atoms with Crippen LogP contribution in [0.1, 0.15) is 21.9 Å². The van der Waals surface area contributed by atoms with Crippen LogP contribution in [0.3, 0.4) is 0 Å². The molecule has 1 aliphatic heterocycles. The van der Waals surface area contributed by atoms with E-state index in [-0.39, 0.29) is 16.2 Å². The van der Waals surface area contributed by atoms with Crippen LogP contribution in [-0.2, 0) is 0 Å². The lowest BCUT2D eigenvalue weighted by Crippen LogP contribution is -2.48. The molecular formula is C25H24N2O2S. The van der Waals surface area contributed by atoms with Gasteiger partial charge in [0.1, 0.15) is 11.3 Å². The van der Waals surface area contributed by atoms with Crippen molar-refractivity contribution in [2.45, 2.75) is 17.3 Å². The Morgan fingerprint density at radius 1 is 0.800 bits per heavy atom. The number of hydrogen-bond acceptors (Lipinski definition) is 4. The smallest absolute Gasteiger partial charge is 0.248 e. The molecule has 0 spiro atoms. The lowest BCUT2D eigenvalue weighted by Gasteiger charge is -2.39. The summed E-state index contributed by atoms with van der Waals surface area (Å²) >= 11 is 1.61. The number of likely N-dealkylation sites (N-methyl/N-ethyl adjacent to an activating group) is 1.